The first-order valence-corrected chi connectivity index (χ1v) is 9.70. The van der Waals surface area contributed by atoms with Gasteiger partial charge < -0.3 is 14.4 Å². The number of nitrogens with one attached hydrogen (secondary N) is 1. The number of piperidine rings is 1. The van der Waals surface area contributed by atoms with Gasteiger partial charge in [0.2, 0.25) is 5.95 Å². The largest absolute Gasteiger partial charge is 0.493 e. The lowest BCUT2D eigenvalue weighted by Crippen LogP contribution is -2.33. The van der Waals surface area contributed by atoms with E-state index in [4.69, 9.17) is 21.1 Å². The van der Waals surface area contributed by atoms with Crippen LogP contribution in [0.1, 0.15) is 30.0 Å². The highest BCUT2D eigenvalue weighted by Gasteiger charge is 2.24. The Morgan fingerprint density at radius 2 is 1.93 bits per heavy atom. The first-order valence-electron chi connectivity index (χ1n) is 9.32. The number of aromatic amines is 1. The summed E-state index contributed by atoms with van der Waals surface area (Å²) in [5, 5.41) is 0.631. The molecule has 0 aliphatic carbocycles. The summed E-state index contributed by atoms with van der Waals surface area (Å²) in [4.78, 5) is 23.5. The fourth-order valence-electron chi connectivity index (χ4n) is 3.64. The number of ether oxygens (including phenoxy) is 2. The molecule has 0 atom stereocenters. The van der Waals surface area contributed by atoms with Gasteiger partial charge in [-0.3, -0.25) is 14.7 Å². The Balaban J connectivity index is 1.70. The molecule has 152 valence electrons. The molecule has 7 nitrogen and oxygen atoms in total. The average Bonchev–Trinajstić information content (AvgIpc) is 2.67. The summed E-state index contributed by atoms with van der Waals surface area (Å²) in [6.45, 7) is 2.56. The van der Waals surface area contributed by atoms with Gasteiger partial charge in [0.1, 0.15) is 0 Å². The minimum atomic E-state index is -0.105. The van der Waals surface area contributed by atoms with Gasteiger partial charge in [0, 0.05) is 49.3 Å². The molecular weight excluding hydrogens is 380 g/mol. The first-order chi connectivity index (χ1) is 13.4. The summed E-state index contributed by atoms with van der Waals surface area (Å²) in [5.74, 6) is 2.25. The second-order valence-corrected chi connectivity index (χ2v) is 7.68. The molecule has 1 N–H and O–H groups in total. The van der Waals surface area contributed by atoms with Gasteiger partial charge >= 0.3 is 0 Å². The zero-order valence-electron chi connectivity index (χ0n) is 16.8. The lowest BCUT2D eigenvalue weighted by Gasteiger charge is -2.32. The maximum Gasteiger partial charge on any atom is 0.252 e. The summed E-state index contributed by atoms with van der Waals surface area (Å²) >= 11 is 6.23. The van der Waals surface area contributed by atoms with Gasteiger partial charge in [-0.15, -0.1) is 0 Å². The molecule has 28 heavy (non-hydrogen) atoms. The second kappa shape index (κ2) is 8.84. The third-order valence-corrected chi connectivity index (χ3v) is 5.31. The van der Waals surface area contributed by atoms with Crippen molar-refractivity contribution < 1.29 is 9.47 Å². The van der Waals surface area contributed by atoms with Gasteiger partial charge in [0.05, 0.1) is 19.9 Å². The van der Waals surface area contributed by atoms with Crippen molar-refractivity contribution in [2.24, 2.45) is 0 Å². The molecule has 1 aromatic heterocycles. The van der Waals surface area contributed by atoms with Gasteiger partial charge in [0.15, 0.2) is 11.5 Å². The molecule has 0 bridgehead atoms. The molecule has 0 spiro atoms. The predicted octanol–water partition coefficient (Wildman–Crippen LogP) is 2.89. The van der Waals surface area contributed by atoms with E-state index < -0.39 is 0 Å². The van der Waals surface area contributed by atoms with Crippen molar-refractivity contribution in [3.05, 3.63) is 44.8 Å². The zero-order valence-corrected chi connectivity index (χ0v) is 17.5. The van der Waals surface area contributed by atoms with Gasteiger partial charge in [-0.05, 0) is 32.0 Å². The van der Waals surface area contributed by atoms with Crippen molar-refractivity contribution in [3.63, 3.8) is 0 Å². The van der Waals surface area contributed by atoms with Crippen LogP contribution < -0.4 is 19.9 Å². The Kier molecular flexibility index (Phi) is 6.46. The number of likely N-dealkylation sites (tertiary alicyclic amines) is 1. The Morgan fingerprint density at radius 3 is 2.54 bits per heavy atom. The Morgan fingerprint density at radius 1 is 1.21 bits per heavy atom. The Bertz CT molecular complexity index is 876. The number of hydrogen-bond donors (Lipinski definition) is 1. The van der Waals surface area contributed by atoms with Crippen LogP contribution in [0.3, 0.4) is 0 Å². The minimum Gasteiger partial charge on any atom is -0.493 e. The molecule has 1 aliphatic rings. The maximum absolute atomic E-state index is 12.0. The number of rotatable bonds is 6. The molecule has 0 amide bonds. The SMILES string of the molecule is COc1cc(Cl)cc(CN2CCC(c3cc(=O)[nH]c(N(C)C)n3)CC2)c1OC. The van der Waals surface area contributed by atoms with Crippen molar-refractivity contribution in [2.45, 2.75) is 25.3 Å². The molecule has 2 heterocycles. The van der Waals surface area contributed by atoms with Gasteiger partial charge in [-0.2, -0.15) is 0 Å². The van der Waals surface area contributed by atoms with E-state index in [1.807, 2.05) is 25.1 Å². The summed E-state index contributed by atoms with van der Waals surface area (Å²) in [6, 6.07) is 5.31. The predicted molar refractivity (Wildman–Crippen MR) is 111 cm³/mol. The number of H-pyrrole nitrogens is 1. The molecule has 2 aromatic rings. The smallest absolute Gasteiger partial charge is 0.252 e. The summed E-state index contributed by atoms with van der Waals surface area (Å²) < 4.78 is 10.9. The molecule has 0 unspecified atom stereocenters. The van der Waals surface area contributed by atoms with Crippen molar-refractivity contribution in [3.8, 4) is 11.5 Å². The van der Waals surface area contributed by atoms with Crippen LogP contribution in [0.25, 0.3) is 0 Å². The van der Waals surface area contributed by atoms with E-state index in [2.05, 4.69) is 14.9 Å². The highest BCUT2D eigenvalue weighted by molar-refractivity contribution is 6.30. The highest BCUT2D eigenvalue weighted by Crippen LogP contribution is 2.36. The fourth-order valence-corrected chi connectivity index (χ4v) is 3.87. The average molecular weight is 407 g/mol. The lowest BCUT2D eigenvalue weighted by molar-refractivity contribution is 0.200. The van der Waals surface area contributed by atoms with Crippen LogP contribution in [0.4, 0.5) is 5.95 Å². The number of methoxy groups -OCH3 is 2. The standard InChI is InChI=1S/C20H27ClN4O3/c1-24(2)20-22-16(11-18(26)23-20)13-5-7-25(8-6-13)12-14-9-15(21)10-17(27-3)19(14)28-4/h9-11,13H,5-8,12H2,1-4H3,(H,22,23,26). The fraction of sp³-hybridized carbons (Fsp3) is 0.500. The van der Waals surface area contributed by atoms with Gasteiger partial charge in [-0.1, -0.05) is 11.6 Å². The molecule has 3 rings (SSSR count). The summed E-state index contributed by atoms with van der Waals surface area (Å²) in [5.41, 5.74) is 1.77. The van der Waals surface area contributed by atoms with Crippen molar-refractivity contribution in [2.75, 3.05) is 46.3 Å². The van der Waals surface area contributed by atoms with Crippen LogP contribution in [0.15, 0.2) is 23.0 Å². The van der Waals surface area contributed by atoms with E-state index in [0.29, 0.717) is 16.7 Å². The van der Waals surface area contributed by atoms with Crippen LogP contribution in [0.2, 0.25) is 5.02 Å². The van der Waals surface area contributed by atoms with E-state index in [1.54, 1.807) is 26.4 Å². The van der Waals surface area contributed by atoms with E-state index >= 15 is 0 Å². The summed E-state index contributed by atoms with van der Waals surface area (Å²) in [7, 11) is 7.00. The number of benzene rings is 1. The van der Waals surface area contributed by atoms with Crippen molar-refractivity contribution >= 4 is 17.5 Å². The number of halogens is 1. The van der Waals surface area contributed by atoms with Crippen LogP contribution in [0, 0.1) is 0 Å². The molecular formula is C20H27ClN4O3. The monoisotopic (exact) mass is 406 g/mol. The topological polar surface area (TPSA) is 70.7 Å². The Hall–Kier alpha value is -2.25. The van der Waals surface area contributed by atoms with E-state index in [0.717, 1.165) is 49.5 Å². The molecule has 1 saturated heterocycles. The van der Waals surface area contributed by atoms with Crippen LogP contribution in [0.5, 0.6) is 11.5 Å². The quantitative estimate of drug-likeness (QED) is 0.795. The number of hydrogen-bond acceptors (Lipinski definition) is 6. The number of nitrogens with zero attached hydrogens (tertiary/aromatic N) is 3. The highest BCUT2D eigenvalue weighted by atomic mass is 35.5. The number of aromatic nitrogens is 2. The zero-order chi connectivity index (χ0) is 20.3. The van der Waals surface area contributed by atoms with Gasteiger partial charge in [-0.25, -0.2) is 4.98 Å². The lowest BCUT2D eigenvalue weighted by atomic mass is 9.93. The molecule has 0 saturated carbocycles. The van der Waals surface area contributed by atoms with E-state index in [-0.39, 0.29) is 11.5 Å². The van der Waals surface area contributed by atoms with Crippen LogP contribution >= 0.6 is 11.6 Å². The molecule has 8 heteroatoms. The van der Waals surface area contributed by atoms with Crippen molar-refractivity contribution in [1.29, 1.82) is 0 Å². The van der Waals surface area contributed by atoms with Crippen LogP contribution in [-0.4, -0.2) is 56.3 Å². The minimum absolute atomic E-state index is 0.105. The summed E-state index contributed by atoms with van der Waals surface area (Å²) in [6.07, 6.45) is 1.90. The Labute approximate surface area is 170 Å². The molecule has 1 aliphatic heterocycles. The first kappa shape index (κ1) is 20.5. The third-order valence-electron chi connectivity index (χ3n) is 5.09. The molecule has 1 fully saturated rings. The van der Waals surface area contributed by atoms with Crippen LogP contribution in [-0.2, 0) is 6.54 Å². The van der Waals surface area contributed by atoms with Gasteiger partial charge in [0.25, 0.3) is 5.56 Å². The molecule has 0 radical (unpaired) electrons. The third kappa shape index (κ3) is 4.59. The van der Waals surface area contributed by atoms with Crippen molar-refractivity contribution in [1.82, 2.24) is 14.9 Å². The van der Waals surface area contributed by atoms with E-state index in [9.17, 15) is 4.79 Å². The second-order valence-electron chi connectivity index (χ2n) is 7.24. The van der Waals surface area contributed by atoms with E-state index in [1.165, 1.54) is 0 Å². The number of anilines is 1. The molecule has 1 aromatic carbocycles. The maximum atomic E-state index is 12.0. The normalized spacial score (nSPS) is 15.5.